The van der Waals surface area contributed by atoms with Crippen molar-refractivity contribution < 1.29 is 0 Å². The molecular formula is C72H61BN2. The summed E-state index contributed by atoms with van der Waals surface area (Å²) >= 11 is 0. The van der Waals surface area contributed by atoms with Gasteiger partial charge in [0.25, 0.3) is 0 Å². The third-order valence-electron chi connectivity index (χ3n) is 26.0. The first-order valence-corrected chi connectivity index (χ1v) is 29.5. The van der Waals surface area contributed by atoms with E-state index >= 15 is 0 Å². The molecule has 0 radical (unpaired) electrons. The van der Waals surface area contributed by atoms with Crippen LogP contribution in [0.25, 0.3) is 66.0 Å². The van der Waals surface area contributed by atoms with Crippen molar-refractivity contribution in [3.63, 3.8) is 0 Å². The van der Waals surface area contributed by atoms with Gasteiger partial charge in [0.1, 0.15) is 0 Å². The molecule has 9 aromatic rings. The van der Waals surface area contributed by atoms with E-state index < -0.39 is 0 Å². The van der Waals surface area contributed by atoms with Crippen LogP contribution in [0.3, 0.4) is 0 Å². The molecular weight excluding hydrogens is 904 g/mol. The number of benzene rings is 8. The van der Waals surface area contributed by atoms with Gasteiger partial charge < -0.3 is 9.38 Å². The molecule has 0 N–H and O–H groups in total. The van der Waals surface area contributed by atoms with E-state index in [4.69, 9.17) is 0 Å². The van der Waals surface area contributed by atoms with Crippen molar-refractivity contribution in [3.8, 4) is 33.4 Å². The first-order valence-electron chi connectivity index (χ1n) is 29.5. The van der Waals surface area contributed by atoms with Crippen LogP contribution in [0, 0.1) is 46.3 Å². The van der Waals surface area contributed by atoms with Crippen LogP contribution < -0.4 is 15.8 Å². The lowest BCUT2D eigenvalue weighted by molar-refractivity contribution is -0.175. The van der Waals surface area contributed by atoms with Crippen LogP contribution in [0.4, 0.5) is 17.1 Å². The second-order valence-corrected chi connectivity index (χ2v) is 28.8. The highest BCUT2D eigenvalue weighted by Gasteiger charge is 2.78. The van der Waals surface area contributed by atoms with Crippen LogP contribution in [-0.4, -0.2) is 11.3 Å². The van der Waals surface area contributed by atoms with Crippen LogP contribution in [-0.2, 0) is 21.7 Å². The Morgan fingerprint density at radius 1 is 0.453 bits per heavy atom. The molecule has 10 aliphatic carbocycles. The van der Waals surface area contributed by atoms with E-state index in [-0.39, 0.29) is 23.1 Å². The average molecular weight is 965 g/mol. The summed E-state index contributed by atoms with van der Waals surface area (Å²) < 4.78 is 2.93. The van der Waals surface area contributed by atoms with E-state index in [2.05, 4.69) is 177 Å². The van der Waals surface area contributed by atoms with Crippen molar-refractivity contribution in [3.05, 3.63) is 173 Å². The number of hydrogen-bond acceptors (Lipinski definition) is 1. The molecule has 0 saturated heterocycles. The summed E-state index contributed by atoms with van der Waals surface area (Å²) in [5.74, 6) is 5.84. The normalized spacial score (nSPS) is 34.0. The molecule has 3 heteroatoms. The highest BCUT2D eigenvalue weighted by molar-refractivity contribution is 6.90. The topological polar surface area (TPSA) is 8.17 Å². The van der Waals surface area contributed by atoms with Gasteiger partial charge in [-0.2, -0.15) is 0 Å². The highest BCUT2D eigenvalue weighted by atomic mass is 15.2. The molecule has 0 amide bonds. The molecule has 12 aliphatic rings. The van der Waals surface area contributed by atoms with Crippen LogP contribution >= 0.6 is 0 Å². The van der Waals surface area contributed by atoms with Crippen LogP contribution in [0.2, 0.25) is 0 Å². The number of fused-ring (bicyclic) bond motifs is 17. The maximum atomic E-state index is 2.93. The first-order chi connectivity index (χ1) is 36.5. The molecule has 75 heavy (non-hydrogen) atoms. The molecule has 4 atom stereocenters. The Labute approximate surface area is 440 Å². The smallest absolute Gasteiger partial charge is 0.333 e. The number of anilines is 3. The molecule has 2 spiro atoms. The summed E-state index contributed by atoms with van der Waals surface area (Å²) in [6, 6.07) is 57.3. The zero-order valence-corrected chi connectivity index (χ0v) is 43.8. The third-order valence-corrected chi connectivity index (χ3v) is 26.0. The van der Waals surface area contributed by atoms with E-state index in [0.717, 1.165) is 35.5 Å². The number of hydrogen-bond donors (Lipinski definition) is 0. The molecule has 4 unspecified atom stereocenters. The zero-order chi connectivity index (χ0) is 48.8. The van der Waals surface area contributed by atoms with Crippen LogP contribution in [0.15, 0.2) is 140 Å². The van der Waals surface area contributed by atoms with E-state index in [1.165, 1.54) is 180 Å². The Morgan fingerprint density at radius 2 is 1.05 bits per heavy atom. The second-order valence-electron chi connectivity index (χ2n) is 28.8. The quantitative estimate of drug-likeness (QED) is 0.160. The lowest BCUT2D eigenvalue weighted by Gasteiger charge is -2.66. The molecule has 3 heterocycles. The Morgan fingerprint density at radius 3 is 1.73 bits per heavy atom. The standard InChI is InChI=1S/C72H61BN2/c1-67(2)56-15-9-7-13-49(56)51-19-18-47(29-58(51)67)74-62-30-52-50-14-8-10-16-57(50)68(3,4)59(52)31-60(62)73-65-63(74)21-38-11-5-6-12-48(38)64(65)55-28-40(70-34-45-24-42-25-46(35-70)72(42,45)37-70)27-54-53-26-39(17-20-61(53)75(73)66(54)55)69-32-43-22-41-23-44(33-69)71(41,43)36-69/h5-21,26-31,41-46H,22-25,32-37H2,1-4H3. The maximum Gasteiger partial charge on any atom is 0.333 e. The van der Waals surface area contributed by atoms with Crippen molar-refractivity contribution in [2.24, 2.45) is 46.3 Å². The fraction of sp³-hybridized carbons (Fsp3) is 0.361. The van der Waals surface area contributed by atoms with Crippen molar-refractivity contribution in [2.45, 2.75) is 114 Å². The molecule has 4 bridgehead atoms. The Balaban J connectivity index is 0.886. The van der Waals surface area contributed by atoms with Gasteiger partial charge in [-0.25, -0.2) is 0 Å². The Kier molecular flexibility index (Phi) is 6.38. The van der Waals surface area contributed by atoms with Gasteiger partial charge >= 0.3 is 6.85 Å². The first kappa shape index (κ1) is 40.0. The molecule has 8 fully saturated rings. The molecule has 8 aromatic carbocycles. The lowest BCUT2D eigenvalue weighted by Crippen LogP contribution is -2.59. The minimum absolute atomic E-state index is 0.0000815. The van der Waals surface area contributed by atoms with Gasteiger partial charge in [0.2, 0.25) is 0 Å². The van der Waals surface area contributed by atoms with Gasteiger partial charge in [-0.3, -0.25) is 0 Å². The van der Waals surface area contributed by atoms with Crippen molar-refractivity contribution in [1.82, 2.24) is 4.48 Å². The number of nitrogens with zero attached hydrogens (tertiary/aromatic N) is 2. The van der Waals surface area contributed by atoms with Crippen LogP contribution in [0.1, 0.15) is 125 Å². The summed E-state index contributed by atoms with van der Waals surface area (Å²) in [6.07, 6.45) is 14.6. The largest absolute Gasteiger partial charge is 0.375 e. The van der Waals surface area contributed by atoms with Gasteiger partial charge in [0.05, 0.1) is 0 Å². The minimum Gasteiger partial charge on any atom is -0.375 e. The van der Waals surface area contributed by atoms with E-state index in [0.29, 0.717) is 16.2 Å². The molecule has 1 aromatic heterocycles. The summed E-state index contributed by atoms with van der Waals surface area (Å²) in [5.41, 5.74) is 29.1. The second kappa shape index (κ2) is 12.0. The van der Waals surface area contributed by atoms with E-state index in [9.17, 15) is 0 Å². The van der Waals surface area contributed by atoms with Gasteiger partial charge in [0.15, 0.2) is 0 Å². The fourth-order valence-corrected chi connectivity index (χ4v) is 23.0. The number of rotatable bonds is 3. The highest BCUT2D eigenvalue weighted by Crippen LogP contribution is 2.86. The van der Waals surface area contributed by atoms with E-state index in [1.54, 1.807) is 11.1 Å². The molecule has 8 saturated carbocycles. The van der Waals surface area contributed by atoms with Gasteiger partial charge in [-0.1, -0.05) is 119 Å². The molecule has 21 rings (SSSR count). The van der Waals surface area contributed by atoms with Crippen LogP contribution in [0.5, 0.6) is 0 Å². The SMILES string of the molecule is CC1(C)c2ccccc2-c2ccc(N3c4cc5c(cc4B4c6c3cc3ccccc3c6-c3cc(C67CC8CC9CC(C6)C98C7)cc6c7cc(C89CC%10CC%11CC(C8)C%11%10C9)ccc7n4c36)C(C)(C)c3ccccc3-5)cc21. The summed E-state index contributed by atoms with van der Waals surface area (Å²) in [4.78, 5) is 2.75. The Hall–Kier alpha value is -6.32. The van der Waals surface area contributed by atoms with E-state index in [1.807, 2.05) is 0 Å². The average Bonchev–Trinajstić information content (AvgIpc) is 4.30. The summed E-state index contributed by atoms with van der Waals surface area (Å²) in [7, 11) is 0. The summed E-state index contributed by atoms with van der Waals surface area (Å²) in [6.45, 7) is 9.86. The predicted octanol–water partition coefficient (Wildman–Crippen LogP) is 16.1. The minimum atomic E-state index is -0.134. The van der Waals surface area contributed by atoms with Gasteiger partial charge in [-0.05, 0) is 253 Å². The number of aromatic nitrogens is 1. The monoisotopic (exact) mass is 964 g/mol. The van der Waals surface area contributed by atoms with Crippen molar-refractivity contribution in [1.29, 1.82) is 0 Å². The maximum absolute atomic E-state index is 2.93. The van der Waals surface area contributed by atoms with Gasteiger partial charge in [0, 0.05) is 55.3 Å². The van der Waals surface area contributed by atoms with Crippen molar-refractivity contribution in [2.75, 3.05) is 4.90 Å². The predicted molar refractivity (Wildman–Crippen MR) is 308 cm³/mol. The third kappa shape index (κ3) is 4.05. The molecule has 2 aliphatic heterocycles. The lowest BCUT2D eigenvalue weighted by atomic mass is 9.38. The molecule has 2 nitrogen and oxygen atoms in total. The van der Waals surface area contributed by atoms with Gasteiger partial charge in [-0.15, -0.1) is 0 Å². The molecule has 362 valence electrons. The zero-order valence-electron chi connectivity index (χ0n) is 43.8. The van der Waals surface area contributed by atoms with Crippen molar-refractivity contribution >= 4 is 67.4 Å². The Bertz CT molecular complexity index is 4280. The fourth-order valence-electron chi connectivity index (χ4n) is 23.0. The summed E-state index contributed by atoms with van der Waals surface area (Å²) in [5, 5.41) is 5.81.